The summed E-state index contributed by atoms with van der Waals surface area (Å²) in [5, 5.41) is 13.2. The number of phenolic OH excluding ortho intramolecular Hbond substituents is 1. The zero-order chi connectivity index (χ0) is 14.5. The molecule has 0 saturated carbocycles. The maximum atomic E-state index is 9.42. The monoisotopic (exact) mass is 293 g/mol. The first-order chi connectivity index (χ1) is 9.63. The van der Waals surface area contributed by atoms with Gasteiger partial charge in [0.15, 0.2) is 11.5 Å². The molecule has 0 heterocycles. The molecule has 2 N–H and O–H groups in total. The summed E-state index contributed by atoms with van der Waals surface area (Å²) in [5.41, 5.74) is 1.70. The Morgan fingerprint density at radius 3 is 2.45 bits per heavy atom. The van der Waals surface area contributed by atoms with Gasteiger partial charge >= 0.3 is 0 Å². The molecule has 0 aromatic heterocycles. The lowest BCUT2D eigenvalue weighted by atomic mass is 10.2. The average Bonchev–Trinajstić information content (AvgIpc) is 2.45. The van der Waals surface area contributed by atoms with Gasteiger partial charge in [-0.2, -0.15) is 0 Å². The molecule has 2 rings (SSSR count). The third-order valence-corrected chi connectivity index (χ3v) is 3.18. The van der Waals surface area contributed by atoms with Crippen LogP contribution in [0.15, 0.2) is 36.4 Å². The van der Waals surface area contributed by atoms with E-state index in [-0.39, 0.29) is 5.75 Å². The lowest BCUT2D eigenvalue weighted by Gasteiger charge is -2.13. The molecule has 0 atom stereocenters. The number of anilines is 1. The molecule has 0 amide bonds. The van der Waals surface area contributed by atoms with E-state index in [4.69, 9.17) is 21.1 Å². The van der Waals surface area contributed by atoms with E-state index in [9.17, 15) is 5.11 Å². The minimum Gasteiger partial charge on any atom is -0.508 e. The molecule has 0 aliphatic heterocycles. The Bertz CT molecular complexity index is 602. The van der Waals surface area contributed by atoms with Crippen LogP contribution in [0, 0.1) is 0 Å². The molecule has 5 heteroatoms. The fraction of sp³-hybridized carbons (Fsp3) is 0.200. The first kappa shape index (κ1) is 14.3. The summed E-state index contributed by atoms with van der Waals surface area (Å²) in [6, 6.07) is 10.5. The van der Waals surface area contributed by atoms with Crippen molar-refractivity contribution in [3.8, 4) is 17.2 Å². The Morgan fingerprint density at radius 1 is 1.10 bits per heavy atom. The first-order valence-corrected chi connectivity index (χ1v) is 6.45. The molecule has 2 aromatic rings. The average molecular weight is 294 g/mol. The van der Waals surface area contributed by atoms with Crippen LogP contribution in [0.25, 0.3) is 0 Å². The highest BCUT2D eigenvalue weighted by Crippen LogP contribution is 2.36. The summed E-state index contributed by atoms with van der Waals surface area (Å²) in [7, 11) is 3.14. The predicted octanol–water partition coefficient (Wildman–Crippen LogP) is 3.67. The third-order valence-electron chi connectivity index (χ3n) is 2.87. The van der Waals surface area contributed by atoms with Gasteiger partial charge in [-0.05, 0) is 17.7 Å². The van der Waals surface area contributed by atoms with Gasteiger partial charge in [0.05, 0.1) is 24.9 Å². The highest BCUT2D eigenvalue weighted by atomic mass is 35.5. The molecular formula is C15H16ClNO3. The Hall–Kier alpha value is -2.07. The molecule has 0 aliphatic carbocycles. The van der Waals surface area contributed by atoms with Gasteiger partial charge in [0.1, 0.15) is 5.75 Å². The minimum absolute atomic E-state index is 0.239. The summed E-state index contributed by atoms with van der Waals surface area (Å²) in [5.74, 6) is 1.43. The van der Waals surface area contributed by atoms with Gasteiger partial charge in [-0.15, -0.1) is 0 Å². The molecule has 4 nitrogen and oxygen atoms in total. The number of phenols is 1. The van der Waals surface area contributed by atoms with Gasteiger partial charge in [0.25, 0.3) is 0 Å². The number of hydrogen-bond acceptors (Lipinski definition) is 4. The van der Waals surface area contributed by atoms with E-state index in [1.807, 2.05) is 6.07 Å². The number of halogens is 1. The van der Waals surface area contributed by atoms with Crippen LogP contribution >= 0.6 is 11.6 Å². The zero-order valence-corrected chi connectivity index (χ0v) is 12.1. The summed E-state index contributed by atoms with van der Waals surface area (Å²) in [4.78, 5) is 0. The molecule has 0 saturated heterocycles. The standard InChI is InChI=1S/C15H16ClNO3/c1-19-14-7-12(16)13(8-15(14)20-2)17-9-10-4-3-5-11(18)6-10/h3-8,17-18H,9H2,1-2H3. The van der Waals surface area contributed by atoms with E-state index in [1.54, 1.807) is 44.6 Å². The quantitative estimate of drug-likeness (QED) is 0.883. The van der Waals surface area contributed by atoms with E-state index in [1.165, 1.54) is 0 Å². The van der Waals surface area contributed by atoms with Crippen molar-refractivity contribution in [2.45, 2.75) is 6.54 Å². The van der Waals surface area contributed by atoms with E-state index < -0.39 is 0 Å². The van der Waals surface area contributed by atoms with E-state index in [0.29, 0.717) is 23.1 Å². The fourth-order valence-corrected chi connectivity index (χ4v) is 2.07. The van der Waals surface area contributed by atoms with Crippen LogP contribution in [0.5, 0.6) is 17.2 Å². The van der Waals surface area contributed by atoms with Crippen molar-refractivity contribution in [3.05, 3.63) is 47.0 Å². The predicted molar refractivity (Wildman–Crippen MR) is 80.0 cm³/mol. The third kappa shape index (κ3) is 3.27. The van der Waals surface area contributed by atoms with Crippen molar-refractivity contribution in [3.63, 3.8) is 0 Å². The number of rotatable bonds is 5. The first-order valence-electron chi connectivity index (χ1n) is 6.07. The van der Waals surface area contributed by atoms with Crippen molar-refractivity contribution < 1.29 is 14.6 Å². The molecule has 106 valence electrons. The van der Waals surface area contributed by atoms with Crippen LogP contribution in [0.1, 0.15) is 5.56 Å². The number of nitrogens with one attached hydrogen (secondary N) is 1. The van der Waals surface area contributed by atoms with Crippen LogP contribution in [0.3, 0.4) is 0 Å². The SMILES string of the molecule is COc1cc(Cl)c(NCc2cccc(O)c2)cc1OC. The van der Waals surface area contributed by atoms with Crippen LogP contribution in [-0.4, -0.2) is 19.3 Å². The number of hydrogen-bond donors (Lipinski definition) is 2. The molecule has 0 unspecified atom stereocenters. The van der Waals surface area contributed by atoms with E-state index in [2.05, 4.69) is 5.32 Å². The molecule has 0 radical (unpaired) electrons. The van der Waals surface area contributed by atoms with Gasteiger partial charge in [0.2, 0.25) is 0 Å². The largest absolute Gasteiger partial charge is 0.508 e. The van der Waals surface area contributed by atoms with Crippen LogP contribution in [-0.2, 0) is 6.54 Å². The van der Waals surface area contributed by atoms with Gasteiger partial charge in [-0.3, -0.25) is 0 Å². The van der Waals surface area contributed by atoms with Gasteiger partial charge < -0.3 is 19.9 Å². The lowest BCUT2D eigenvalue weighted by molar-refractivity contribution is 0.355. The molecule has 0 bridgehead atoms. The minimum atomic E-state index is 0.239. The van der Waals surface area contributed by atoms with Crippen molar-refractivity contribution in [1.29, 1.82) is 0 Å². The van der Waals surface area contributed by atoms with Gasteiger partial charge in [0, 0.05) is 18.7 Å². The van der Waals surface area contributed by atoms with Crippen molar-refractivity contribution in [2.75, 3.05) is 19.5 Å². The van der Waals surface area contributed by atoms with E-state index in [0.717, 1.165) is 11.3 Å². The smallest absolute Gasteiger partial charge is 0.162 e. The van der Waals surface area contributed by atoms with Gasteiger partial charge in [-0.1, -0.05) is 23.7 Å². The number of aromatic hydroxyl groups is 1. The van der Waals surface area contributed by atoms with Crippen LogP contribution in [0.2, 0.25) is 5.02 Å². The number of methoxy groups -OCH3 is 2. The molecule has 2 aromatic carbocycles. The second kappa shape index (κ2) is 6.39. The van der Waals surface area contributed by atoms with Gasteiger partial charge in [-0.25, -0.2) is 0 Å². The Morgan fingerprint density at radius 2 is 1.80 bits per heavy atom. The maximum absolute atomic E-state index is 9.42. The summed E-state index contributed by atoms with van der Waals surface area (Å²) in [6.07, 6.45) is 0. The molecule has 0 spiro atoms. The second-order valence-electron chi connectivity index (χ2n) is 4.21. The normalized spacial score (nSPS) is 10.2. The van der Waals surface area contributed by atoms with Crippen LogP contribution in [0.4, 0.5) is 5.69 Å². The highest BCUT2D eigenvalue weighted by Gasteiger charge is 2.09. The Balaban J connectivity index is 2.17. The van der Waals surface area contributed by atoms with Crippen LogP contribution < -0.4 is 14.8 Å². The molecule has 20 heavy (non-hydrogen) atoms. The second-order valence-corrected chi connectivity index (χ2v) is 4.62. The summed E-state index contributed by atoms with van der Waals surface area (Å²) < 4.78 is 10.4. The zero-order valence-electron chi connectivity index (χ0n) is 11.3. The maximum Gasteiger partial charge on any atom is 0.162 e. The molecule has 0 aliphatic rings. The molecule has 0 fully saturated rings. The number of benzene rings is 2. The lowest BCUT2D eigenvalue weighted by Crippen LogP contribution is -2.01. The van der Waals surface area contributed by atoms with Crippen molar-refractivity contribution in [2.24, 2.45) is 0 Å². The Labute approximate surface area is 122 Å². The topological polar surface area (TPSA) is 50.7 Å². The number of ether oxygens (including phenoxy) is 2. The van der Waals surface area contributed by atoms with Crippen molar-refractivity contribution in [1.82, 2.24) is 0 Å². The van der Waals surface area contributed by atoms with E-state index >= 15 is 0 Å². The Kier molecular flexibility index (Phi) is 4.58. The summed E-state index contributed by atoms with van der Waals surface area (Å²) >= 11 is 6.19. The van der Waals surface area contributed by atoms with Crippen molar-refractivity contribution >= 4 is 17.3 Å². The highest BCUT2D eigenvalue weighted by molar-refractivity contribution is 6.33. The fourth-order valence-electron chi connectivity index (χ4n) is 1.85. The molecular weight excluding hydrogens is 278 g/mol. The summed E-state index contributed by atoms with van der Waals surface area (Å²) in [6.45, 7) is 0.545.